The number of rotatable bonds is 0. The van der Waals surface area contributed by atoms with Gasteiger partial charge in [-0.05, 0) is 92.5 Å². The van der Waals surface area contributed by atoms with Gasteiger partial charge in [0.15, 0.2) is 0 Å². The van der Waals surface area contributed by atoms with Gasteiger partial charge in [0.25, 0.3) is 0 Å². The van der Waals surface area contributed by atoms with Crippen LogP contribution in [0.5, 0.6) is 0 Å². The Balaban J connectivity index is -0.0000000548. The Morgan fingerprint density at radius 3 is 0.868 bits per heavy atom. The second kappa shape index (κ2) is 109. The van der Waals surface area contributed by atoms with Gasteiger partial charge in [0.2, 0.25) is 0 Å². The van der Waals surface area contributed by atoms with Crippen molar-refractivity contribution >= 4 is 55.9 Å². The van der Waals surface area contributed by atoms with Gasteiger partial charge in [0, 0.05) is 77.6 Å². The highest BCUT2D eigenvalue weighted by Crippen LogP contribution is 2.51. The van der Waals surface area contributed by atoms with Crippen molar-refractivity contribution in [2.75, 3.05) is 9.80 Å². The number of nitrogens with zero attached hydrogens (tertiary/aromatic N) is 3. The summed E-state index contributed by atoms with van der Waals surface area (Å²) in [4.78, 5) is 4.82. The molecule has 0 N–H and O–H groups in total. The molecule has 0 saturated carbocycles. The molecule has 0 atom stereocenters. The van der Waals surface area contributed by atoms with Crippen LogP contribution in [-0.2, 0) is 32.1 Å². The topological polar surface area (TPSA) is 11.4 Å². The van der Waals surface area contributed by atoms with Crippen LogP contribution >= 0.6 is 0 Å². The lowest BCUT2D eigenvalue weighted by Gasteiger charge is -2.38. The van der Waals surface area contributed by atoms with Crippen LogP contribution in [0.3, 0.4) is 0 Å². The third-order valence-corrected chi connectivity index (χ3v) is 13.3. The SMILES string of the molecule is C.C.C.C.C.C.C.C.C.C.CC.CC.CC.CC.CC.CC.CC.CC.CC.CC.CC.CC.CC.CC.CC.CC.CC.CC.CC.CC.CC.c1cc2c(cc#1)-n1c3ccccc3c3cccc(c31)C2.c1cc2c(cc#1)N1c3ccccc3Cc3cccc(c31)C2.c1cc2c3c(c#1)Cc1ccccc1N3c1ccccc1C2. The van der Waals surface area contributed by atoms with Gasteiger partial charge in [-0.1, -0.05) is 511 Å². The van der Waals surface area contributed by atoms with E-state index < -0.39 is 0 Å². The van der Waals surface area contributed by atoms with Crippen molar-refractivity contribution in [1.82, 2.24) is 4.57 Å². The minimum absolute atomic E-state index is 0. The summed E-state index contributed by atoms with van der Waals surface area (Å²) < 4.78 is 2.38. The maximum atomic E-state index is 3.33. The van der Waals surface area contributed by atoms with Crippen LogP contribution in [0.2, 0.25) is 0 Å². The highest BCUT2D eigenvalue weighted by molar-refractivity contribution is 6.11. The normalized spacial score (nSPS) is 8.37. The molecule has 0 amide bonds. The molecule has 0 saturated heterocycles. The van der Waals surface area contributed by atoms with Crippen molar-refractivity contribution in [3.63, 3.8) is 0 Å². The largest absolute Gasteiger partial charge is 0.309 e. The average Bonchev–Trinajstić information content (AvgIpc) is 1.26. The highest BCUT2D eigenvalue weighted by atomic mass is 15.2. The number of fused-ring (bicyclic) bond motifs is 13. The van der Waals surface area contributed by atoms with E-state index in [1.54, 1.807) is 0 Å². The summed E-state index contributed by atoms with van der Waals surface area (Å²) in [5, 5.41) is 2.67. The first kappa shape index (κ1) is 154. The van der Waals surface area contributed by atoms with E-state index >= 15 is 0 Å². The van der Waals surface area contributed by atoms with Gasteiger partial charge in [0.05, 0.1) is 33.8 Å². The highest BCUT2D eigenvalue weighted by Gasteiger charge is 2.32. The van der Waals surface area contributed by atoms with E-state index in [-0.39, 0.29) is 74.3 Å². The number of aromatic nitrogens is 1. The first-order chi connectivity index (χ1) is 51.8. The third-order valence-electron chi connectivity index (χ3n) is 13.3. The molecule has 0 fully saturated rings. The van der Waals surface area contributed by atoms with Crippen molar-refractivity contribution in [1.29, 1.82) is 0 Å². The molecular weight excluding hydrogens is 1380 g/mol. The first-order valence-electron chi connectivity index (χ1n) is 42.5. The number of hydrogen-bond donors (Lipinski definition) is 0. The van der Waals surface area contributed by atoms with Gasteiger partial charge < -0.3 is 14.4 Å². The van der Waals surface area contributed by atoms with E-state index in [2.05, 4.69) is 215 Å². The molecule has 10 aromatic rings. The molecular formula is C111H203N3. The van der Waals surface area contributed by atoms with Crippen LogP contribution in [0, 0.1) is 36.4 Å². The summed E-state index contributed by atoms with van der Waals surface area (Å²) in [6.45, 7) is 84.0. The van der Waals surface area contributed by atoms with Crippen LogP contribution in [0.25, 0.3) is 27.5 Å². The van der Waals surface area contributed by atoms with E-state index in [1.807, 2.05) is 291 Å². The molecule has 1 aromatic heterocycles. The molecule has 6 heterocycles. The lowest BCUT2D eigenvalue weighted by atomic mass is 9.87. The second-order valence-corrected chi connectivity index (χ2v) is 16.8. The van der Waals surface area contributed by atoms with Gasteiger partial charge in [-0.25, -0.2) is 0 Å². The monoisotopic (exact) mass is 1580 g/mol. The van der Waals surface area contributed by atoms with Crippen LogP contribution in [0.1, 0.15) is 421 Å². The fourth-order valence-electron chi connectivity index (χ4n) is 10.7. The fourth-order valence-corrected chi connectivity index (χ4v) is 10.7. The maximum Gasteiger partial charge on any atom is 0.0622 e. The van der Waals surface area contributed by atoms with Crippen molar-refractivity contribution in [2.24, 2.45) is 0 Å². The zero-order valence-corrected chi connectivity index (χ0v) is 76.0. The summed E-state index contributed by atoms with van der Waals surface area (Å²) in [5.41, 5.74) is 25.4. The summed E-state index contributed by atoms with van der Waals surface area (Å²) in [7, 11) is 0. The molecule has 662 valence electrons. The van der Waals surface area contributed by atoms with Gasteiger partial charge in [-0.15, -0.1) is 0 Å². The van der Waals surface area contributed by atoms with Gasteiger partial charge in [-0.3, -0.25) is 0 Å². The van der Waals surface area contributed by atoms with E-state index in [9.17, 15) is 0 Å². The summed E-state index contributed by atoms with van der Waals surface area (Å²) in [5.74, 6) is 0. The molecule has 3 heteroatoms. The molecule has 3 nitrogen and oxygen atoms in total. The molecule has 5 aliphatic rings. The Kier molecular flexibility index (Phi) is 147. The number of anilines is 6. The van der Waals surface area contributed by atoms with E-state index in [1.165, 1.54) is 117 Å². The number of hydrogen-bond acceptors (Lipinski definition) is 2. The Labute approximate surface area is 724 Å². The van der Waals surface area contributed by atoms with Gasteiger partial charge >= 0.3 is 0 Å². The molecule has 0 radical (unpaired) electrons. The van der Waals surface area contributed by atoms with Crippen LogP contribution in [-0.4, -0.2) is 4.57 Å². The van der Waals surface area contributed by atoms with Crippen molar-refractivity contribution in [2.45, 2.75) is 397 Å². The van der Waals surface area contributed by atoms with Crippen LogP contribution < -0.4 is 9.80 Å². The smallest absolute Gasteiger partial charge is 0.0622 e. The van der Waals surface area contributed by atoms with Crippen LogP contribution in [0.15, 0.2) is 164 Å². The Hall–Kier alpha value is -8.16. The standard InChI is InChI=1S/2C20H13N.C19H11N.21C2H6.10CH4/c2*1-3-10-18-14(6-1)12-16-8-5-9-17-13-15-7-2-4-11-19(15)21(18)20(16)17;1-3-10-17-13(6-1)12-14-7-5-9-16-15-8-2-4-11-18(15)20(17)19(14)16;21*1-2;;;;;;;;;;/h1,3,5-11H,12-13H2;1-4,6-8,10-11H,12-13H2;2,4-11H,12H2;21*1-2H3;10*1H4. The predicted molar refractivity (Wildman–Crippen MR) is 556 cm³/mol. The zero-order valence-electron chi connectivity index (χ0n) is 76.0. The molecule has 0 spiro atoms. The van der Waals surface area contributed by atoms with Crippen LogP contribution in [0.4, 0.5) is 34.1 Å². The molecule has 0 bridgehead atoms. The summed E-state index contributed by atoms with van der Waals surface area (Å²) >= 11 is 0. The first-order valence-corrected chi connectivity index (χ1v) is 42.5. The second-order valence-electron chi connectivity index (χ2n) is 16.8. The van der Waals surface area contributed by atoms with E-state index in [4.69, 9.17) is 0 Å². The quantitative estimate of drug-likeness (QED) is 0.150. The van der Waals surface area contributed by atoms with Crippen molar-refractivity contribution in [3.05, 3.63) is 256 Å². The summed E-state index contributed by atoms with van der Waals surface area (Å²) in [6, 6.07) is 77.3. The summed E-state index contributed by atoms with van der Waals surface area (Å²) in [6.07, 6.45) is 4.93. The van der Waals surface area contributed by atoms with E-state index in [0.29, 0.717) is 0 Å². The van der Waals surface area contributed by atoms with Gasteiger partial charge in [0.1, 0.15) is 0 Å². The lowest BCUT2D eigenvalue weighted by molar-refractivity contribution is 1.01. The van der Waals surface area contributed by atoms with E-state index in [0.717, 1.165) is 32.1 Å². The fraction of sp³-hybridized carbons (Fsp3) is 0.514. The molecule has 114 heavy (non-hydrogen) atoms. The molecule has 15 rings (SSSR count). The molecule has 0 aliphatic carbocycles. The third kappa shape index (κ3) is 43.0. The van der Waals surface area contributed by atoms with Crippen molar-refractivity contribution < 1.29 is 0 Å². The maximum absolute atomic E-state index is 3.33. The molecule has 0 unspecified atom stereocenters. The average molecular weight is 1580 g/mol. The zero-order chi connectivity index (χ0) is 82.7. The minimum Gasteiger partial charge on any atom is -0.309 e. The molecule has 5 aliphatic heterocycles. The van der Waals surface area contributed by atoms with Gasteiger partial charge in [-0.2, -0.15) is 0 Å². The molecule has 9 aromatic carbocycles. The number of para-hydroxylation sites is 6. The Bertz CT molecular complexity index is 3140. The predicted octanol–water partition coefficient (Wildman–Crippen LogP) is 41.3. The Morgan fingerprint density at radius 2 is 0.465 bits per heavy atom. The Morgan fingerprint density at radius 1 is 0.202 bits per heavy atom. The minimum atomic E-state index is 0. The lowest BCUT2D eigenvalue weighted by Crippen LogP contribution is -2.24. The number of benzene rings is 6. The van der Waals surface area contributed by atoms with Crippen molar-refractivity contribution in [3.8, 4) is 5.69 Å².